The van der Waals surface area contributed by atoms with Crippen molar-refractivity contribution in [2.75, 3.05) is 6.79 Å². The molecule has 98 valence electrons. The first-order valence-electron chi connectivity index (χ1n) is 5.75. The monoisotopic (exact) mass is 278 g/mol. The molecule has 0 aliphatic carbocycles. The van der Waals surface area contributed by atoms with E-state index >= 15 is 0 Å². The second-order valence-electron chi connectivity index (χ2n) is 4.00. The Labute approximate surface area is 115 Å². The van der Waals surface area contributed by atoms with Gasteiger partial charge < -0.3 is 14.2 Å². The Morgan fingerprint density at radius 1 is 1.16 bits per heavy atom. The minimum Gasteiger partial charge on any atom is -0.454 e. The van der Waals surface area contributed by atoms with Crippen molar-refractivity contribution in [2.45, 2.75) is 13.2 Å². The smallest absolute Gasteiger partial charge is 0.231 e. The average Bonchev–Trinajstić information content (AvgIpc) is 2.86. The third-order valence-electron chi connectivity index (χ3n) is 2.64. The molecule has 0 radical (unpaired) electrons. The van der Waals surface area contributed by atoms with Gasteiger partial charge in [0.2, 0.25) is 12.1 Å². The number of hydrogen-bond acceptors (Lipinski definition) is 5. The molecule has 0 saturated heterocycles. The summed E-state index contributed by atoms with van der Waals surface area (Å²) >= 11 is 5.70. The molecule has 1 aromatic carbocycles. The predicted octanol–water partition coefficient (Wildman–Crippen LogP) is 2.58. The van der Waals surface area contributed by atoms with E-state index in [0.717, 1.165) is 22.8 Å². The first-order chi connectivity index (χ1) is 9.31. The summed E-state index contributed by atoms with van der Waals surface area (Å²) in [5, 5.41) is 0.226. The molecule has 1 aliphatic rings. The van der Waals surface area contributed by atoms with Gasteiger partial charge in [-0.25, -0.2) is 9.97 Å². The topological polar surface area (TPSA) is 53.5 Å². The van der Waals surface area contributed by atoms with E-state index in [9.17, 15) is 0 Å². The minimum atomic E-state index is 0.226. The zero-order chi connectivity index (χ0) is 13.1. The Bertz CT molecular complexity index is 592. The lowest BCUT2D eigenvalue weighted by atomic mass is 10.2. The number of hydrogen-bond donors (Lipinski definition) is 0. The van der Waals surface area contributed by atoms with Crippen LogP contribution in [0.4, 0.5) is 0 Å². The van der Waals surface area contributed by atoms with E-state index in [0.29, 0.717) is 13.2 Å². The lowest BCUT2D eigenvalue weighted by Gasteiger charge is -2.05. The lowest BCUT2D eigenvalue weighted by molar-refractivity contribution is 0.104. The maximum absolute atomic E-state index is 5.70. The predicted molar refractivity (Wildman–Crippen MR) is 68.1 cm³/mol. The van der Waals surface area contributed by atoms with Crippen LogP contribution in [0.2, 0.25) is 5.28 Å². The molecule has 2 heterocycles. The standard InChI is InChI=1S/C13H11ClN2O3/c14-13-15-4-3-10(16-13)7-17-6-9-1-2-11-12(5-9)19-8-18-11/h1-5H,6-8H2. The zero-order valence-corrected chi connectivity index (χ0v) is 10.8. The highest BCUT2D eigenvalue weighted by atomic mass is 35.5. The van der Waals surface area contributed by atoms with Crippen LogP contribution in [-0.4, -0.2) is 16.8 Å². The summed E-state index contributed by atoms with van der Waals surface area (Å²) in [4.78, 5) is 7.86. The van der Waals surface area contributed by atoms with Crippen LogP contribution in [0.25, 0.3) is 0 Å². The Kier molecular flexibility index (Phi) is 3.48. The molecule has 0 N–H and O–H groups in total. The third kappa shape index (κ3) is 2.94. The average molecular weight is 279 g/mol. The maximum Gasteiger partial charge on any atom is 0.231 e. The number of nitrogens with zero attached hydrogens (tertiary/aromatic N) is 2. The van der Waals surface area contributed by atoms with Gasteiger partial charge in [0.15, 0.2) is 11.5 Å². The summed E-state index contributed by atoms with van der Waals surface area (Å²) < 4.78 is 16.1. The van der Waals surface area contributed by atoms with Crippen LogP contribution in [0.3, 0.4) is 0 Å². The van der Waals surface area contributed by atoms with Crippen LogP contribution in [0.1, 0.15) is 11.3 Å². The molecule has 0 fully saturated rings. The fourth-order valence-corrected chi connectivity index (χ4v) is 1.92. The van der Waals surface area contributed by atoms with E-state index in [1.807, 2.05) is 18.2 Å². The van der Waals surface area contributed by atoms with Crippen molar-refractivity contribution >= 4 is 11.6 Å². The van der Waals surface area contributed by atoms with E-state index in [1.54, 1.807) is 12.3 Å². The summed E-state index contributed by atoms with van der Waals surface area (Å²) in [7, 11) is 0. The third-order valence-corrected chi connectivity index (χ3v) is 2.82. The van der Waals surface area contributed by atoms with Crippen LogP contribution in [0.15, 0.2) is 30.5 Å². The maximum atomic E-state index is 5.70. The highest BCUT2D eigenvalue weighted by Gasteiger charge is 2.13. The number of benzene rings is 1. The fraction of sp³-hybridized carbons (Fsp3) is 0.231. The van der Waals surface area contributed by atoms with E-state index in [4.69, 9.17) is 25.8 Å². The van der Waals surface area contributed by atoms with Gasteiger partial charge in [0.05, 0.1) is 18.9 Å². The molecule has 0 amide bonds. The summed E-state index contributed by atoms with van der Waals surface area (Å²) in [5.74, 6) is 1.53. The van der Waals surface area contributed by atoms with E-state index in [-0.39, 0.29) is 12.1 Å². The van der Waals surface area contributed by atoms with Crippen LogP contribution in [0.5, 0.6) is 11.5 Å². The van der Waals surface area contributed by atoms with Crippen molar-refractivity contribution in [2.24, 2.45) is 0 Å². The first kappa shape index (κ1) is 12.2. The van der Waals surface area contributed by atoms with Crippen molar-refractivity contribution in [3.8, 4) is 11.5 Å². The van der Waals surface area contributed by atoms with Crippen LogP contribution >= 0.6 is 11.6 Å². The minimum absolute atomic E-state index is 0.226. The number of rotatable bonds is 4. The van der Waals surface area contributed by atoms with E-state index < -0.39 is 0 Å². The quantitative estimate of drug-likeness (QED) is 0.805. The van der Waals surface area contributed by atoms with Gasteiger partial charge in [-0.15, -0.1) is 0 Å². The lowest BCUT2D eigenvalue weighted by Crippen LogP contribution is -1.97. The molecule has 19 heavy (non-hydrogen) atoms. The molecule has 0 spiro atoms. The first-order valence-corrected chi connectivity index (χ1v) is 6.13. The van der Waals surface area contributed by atoms with Gasteiger partial charge in [0, 0.05) is 6.20 Å². The Balaban J connectivity index is 1.58. The molecule has 0 saturated carbocycles. The normalized spacial score (nSPS) is 12.7. The largest absolute Gasteiger partial charge is 0.454 e. The van der Waals surface area contributed by atoms with Crippen molar-refractivity contribution in [3.05, 3.63) is 47.0 Å². The SMILES string of the molecule is Clc1nccc(COCc2ccc3c(c2)OCO3)n1. The second kappa shape index (κ2) is 5.42. The summed E-state index contributed by atoms with van der Waals surface area (Å²) in [6.45, 7) is 1.13. The molecule has 5 nitrogen and oxygen atoms in total. The van der Waals surface area contributed by atoms with Gasteiger partial charge >= 0.3 is 0 Å². The number of ether oxygens (including phenoxy) is 3. The van der Waals surface area contributed by atoms with Crippen LogP contribution < -0.4 is 9.47 Å². The molecule has 0 bridgehead atoms. The van der Waals surface area contributed by atoms with E-state index in [2.05, 4.69) is 9.97 Å². The Morgan fingerprint density at radius 3 is 2.95 bits per heavy atom. The molecule has 3 rings (SSSR count). The van der Waals surface area contributed by atoms with Gasteiger partial charge in [-0.3, -0.25) is 0 Å². The van der Waals surface area contributed by atoms with Gasteiger partial charge in [-0.1, -0.05) is 6.07 Å². The summed E-state index contributed by atoms with van der Waals surface area (Å²) in [6.07, 6.45) is 1.61. The summed E-state index contributed by atoms with van der Waals surface area (Å²) in [5.41, 5.74) is 1.77. The van der Waals surface area contributed by atoms with E-state index in [1.165, 1.54) is 0 Å². The molecule has 1 aromatic heterocycles. The molecule has 2 aromatic rings. The van der Waals surface area contributed by atoms with Crippen LogP contribution in [0, 0.1) is 0 Å². The number of aromatic nitrogens is 2. The Hall–Kier alpha value is -1.85. The number of halogens is 1. The summed E-state index contributed by atoms with van der Waals surface area (Å²) in [6, 6.07) is 7.50. The zero-order valence-electron chi connectivity index (χ0n) is 10.0. The van der Waals surface area contributed by atoms with Crippen molar-refractivity contribution < 1.29 is 14.2 Å². The van der Waals surface area contributed by atoms with Gasteiger partial charge in [0.1, 0.15) is 0 Å². The second-order valence-corrected chi connectivity index (χ2v) is 4.34. The van der Waals surface area contributed by atoms with Crippen molar-refractivity contribution in [1.82, 2.24) is 9.97 Å². The molecule has 6 heteroatoms. The molecule has 1 aliphatic heterocycles. The van der Waals surface area contributed by atoms with Crippen molar-refractivity contribution in [3.63, 3.8) is 0 Å². The van der Waals surface area contributed by atoms with Crippen molar-refractivity contribution in [1.29, 1.82) is 0 Å². The van der Waals surface area contributed by atoms with Gasteiger partial charge in [0.25, 0.3) is 0 Å². The highest BCUT2D eigenvalue weighted by Crippen LogP contribution is 2.32. The van der Waals surface area contributed by atoms with Gasteiger partial charge in [-0.05, 0) is 35.4 Å². The van der Waals surface area contributed by atoms with Gasteiger partial charge in [-0.2, -0.15) is 0 Å². The molecular formula is C13H11ClN2O3. The molecular weight excluding hydrogens is 268 g/mol. The fourth-order valence-electron chi connectivity index (χ4n) is 1.75. The number of fused-ring (bicyclic) bond motifs is 1. The molecule has 0 unspecified atom stereocenters. The Morgan fingerprint density at radius 2 is 2.05 bits per heavy atom. The highest BCUT2D eigenvalue weighted by molar-refractivity contribution is 6.28. The molecule has 0 atom stereocenters. The van der Waals surface area contributed by atoms with Crippen LogP contribution in [-0.2, 0) is 18.0 Å².